The molecular weight excluding hydrogens is 340 g/mol. The maximum Gasteiger partial charge on any atom is 0.321 e. The van der Waals surface area contributed by atoms with Crippen molar-refractivity contribution in [3.8, 4) is 0 Å². The van der Waals surface area contributed by atoms with Crippen molar-refractivity contribution < 1.29 is 27.3 Å². The largest absolute Gasteiger partial charge is 0.468 e. The molecule has 0 fully saturated rings. The van der Waals surface area contributed by atoms with E-state index in [1.165, 1.54) is 24.5 Å². The van der Waals surface area contributed by atoms with Gasteiger partial charge in [-0.05, 0) is 18.2 Å². The monoisotopic (exact) mass is 354 g/mol. The second-order valence-corrected chi connectivity index (χ2v) is 6.62. The van der Waals surface area contributed by atoms with Crippen molar-refractivity contribution in [2.45, 2.75) is 11.4 Å². The van der Waals surface area contributed by atoms with Crippen LogP contribution in [0.25, 0.3) is 0 Å². The van der Waals surface area contributed by atoms with E-state index in [1.807, 2.05) is 0 Å². The van der Waals surface area contributed by atoms with Crippen molar-refractivity contribution in [3.05, 3.63) is 58.5 Å². The average molecular weight is 354 g/mol. The number of nitro benzene ring substituents is 1. The molecular formula is C14H14N2O7S. The van der Waals surface area contributed by atoms with Crippen LogP contribution in [0.1, 0.15) is 5.76 Å². The first kappa shape index (κ1) is 17.6. The molecule has 2 aromatic rings. The number of nitrogens with zero attached hydrogens (tertiary/aromatic N) is 2. The highest BCUT2D eigenvalue weighted by Gasteiger charge is 2.29. The molecule has 24 heavy (non-hydrogen) atoms. The number of non-ortho nitro benzene ring substituents is 1. The van der Waals surface area contributed by atoms with Gasteiger partial charge in [-0.15, -0.1) is 0 Å². The van der Waals surface area contributed by atoms with Gasteiger partial charge < -0.3 is 9.15 Å². The number of carbonyl (C=O) groups excluding carboxylic acids is 1. The van der Waals surface area contributed by atoms with Gasteiger partial charge in [-0.1, -0.05) is 6.07 Å². The van der Waals surface area contributed by atoms with Crippen LogP contribution in [-0.2, 0) is 26.1 Å². The van der Waals surface area contributed by atoms with Crippen molar-refractivity contribution in [3.63, 3.8) is 0 Å². The Morgan fingerprint density at radius 3 is 2.67 bits per heavy atom. The Balaban J connectivity index is 2.40. The molecule has 0 radical (unpaired) electrons. The molecule has 0 aliphatic carbocycles. The second-order valence-electron chi connectivity index (χ2n) is 4.68. The second kappa shape index (κ2) is 7.23. The van der Waals surface area contributed by atoms with Crippen molar-refractivity contribution >= 4 is 21.7 Å². The molecule has 0 amide bonds. The number of sulfonamides is 1. The van der Waals surface area contributed by atoms with E-state index in [2.05, 4.69) is 4.74 Å². The average Bonchev–Trinajstić information content (AvgIpc) is 3.07. The summed E-state index contributed by atoms with van der Waals surface area (Å²) in [6.07, 6.45) is 1.37. The molecule has 0 spiro atoms. The molecule has 0 saturated heterocycles. The quantitative estimate of drug-likeness (QED) is 0.420. The smallest absolute Gasteiger partial charge is 0.321 e. The molecule has 1 aromatic carbocycles. The molecule has 0 N–H and O–H groups in total. The summed E-state index contributed by atoms with van der Waals surface area (Å²) in [7, 11) is -3.04. The predicted molar refractivity (Wildman–Crippen MR) is 81.4 cm³/mol. The molecule has 0 saturated carbocycles. The Bertz CT molecular complexity index is 831. The van der Waals surface area contributed by atoms with Crippen molar-refractivity contribution in [1.29, 1.82) is 0 Å². The number of nitro groups is 1. The van der Waals surface area contributed by atoms with Gasteiger partial charge in [0.15, 0.2) is 0 Å². The fraction of sp³-hybridized carbons (Fsp3) is 0.214. The normalized spacial score (nSPS) is 11.4. The van der Waals surface area contributed by atoms with Crippen molar-refractivity contribution in [1.82, 2.24) is 4.31 Å². The van der Waals surface area contributed by atoms with Crippen LogP contribution in [0.2, 0.25) is 0 Å². The predicted octanol–water partition coefficient (Wildman–Crippen LogP) is 1.55. The molecule has 1 aromatic heterocycles. The molecule has 2 rings (SSSR count). The highest BCUT2D eigenvalue weighted by atomic mass is 32.2. The van der Waals surface area contributed by atoms with Crippen LogP contribution in [0.15, 0.2) is 52.0 Å². The number of esters is 1. The van der Waals surface area contributed by atoms with Crippen molar-refractivity contribution in [2.75, 3.05) is 13.7 Å². The number of methoxy groups -OCH3 is 1. The van der Waals surface area contributed by atoms with E-state index < -0.39 is 27.5 Å². The van der Waals surface area contributed by atoms with E-state index in [0.717, 1.165) is 17.5 Å². The number of benzene rings is 1. The summed E-state index contributed by atoms with van der Waals surface area (Å²) in [4.78, 5) is 21.4. The molecule has 0 bridgehead atoms. The maximum atomic E-state index is 12.7. The highest BCUT2D eigenvalue weighted by molar-refractivity contribution is 7.89. The number of rotatable bonds is 7. The van der Waals surface area contributed by atoms with E-state index in [1.54, 1.807) is 12.1 Å². The zero-order valence-corrected chi connectivity index (χ0v) is 13.4. The van der Waals surface area contributed by atoms with E-state index in [9.17, 15) is 23.3 Å². The fourth-order valence-corrected chi connectivity index (χ4v) is 3.31. The molecule has 128 valence electrons. The Hall–Kier alpha value is -2.72. The topological polar surface area (TPSA) is 120 Å². The molecule has 1 heterocycles. The Morgan fingerprint density at radius 2 is 2.08 bits per heavy atom. The number of carbonyl (C=O) groups is 1. The summed E-state index contributed by atoms with van der Waals surface area (Å²) >= 11 is 0. The number of ether oxygens (including phenoxy) is 1. The summed E-state index contributed by atoms with van der Waals surface area (Å²) in [6, 6.07) is 7.71. The van der Waals surface area contributed by atoms with Gasteiger partial charge in [0, 0.05) is 12.1 Å². The van der Waals surface area contributed by atoms with Crippen molar-refractivity contribution in [2.24, 2.45) is 0 Å². The van der Waals surface area contributed by atoms with Crippen LogP contribution in [0.5, 0.6) is 0 Å². The lowest BCUT2D eigenvalue weighted by Gasteiger charge is -2.19. The molecule has 0 aliphatic heterocycles. The van der Waals surface area contributed by atoms with Gasteiger partial charge in [-0.3, -0.25) is 14.9 Å². The van der Waals surface area contributed by atoms with Gasteiger partial charge in [0.2, 0.25) is 10.0 Å². The van der Waals surface area contributed by atoms with Crippen LogP contribution in [0.3, 0.4) is 0 Å². The third-order valence-corrected chi connectivity index (χ3v) is 4.90. The van der Waals surface area contributed by atoms with Crippen LogP contribution in [-0.4, -0.2) is 37.3 Å². The lowest BCUT2D eigenvalue weighted by molar-refractivity contribution is -0.385. The molecule has 9 nitrogen and oxygen atoms in total. The van der Waals surface area contributed by atoms with E-state index in [4.69, 9.17) is 4.42 Å². The van der Waals surface area contributed by atoms with Crippen LogP contribution >= 0.6 is 0 Å². The zero-order chi connectivity index (χ0) is 17.7. The zero-order valence-electron chi connectivity index (χ0n) is 12.6. The Kier molecular flexibility index (Phi) is 5.31. The summed E-state index contributed by atoms with van der Waals surface area (Å²) in [5.41, 5.74) is -0.368. The molecule has 10 heteroatoms. The summed E-state index contributed by atoms with van der Waals surface area (Å²) in [5.74, 6) is -0.455. The van der Waals surface area contributed by atoms with E-state index >= 15 is 0 Å². The summed E-state index contributed by atoms with van der Waals surface area (Å²) in [5, 5.41) is 10.8. The Labute approximate surface area is 137 Å². The maximum absolute atomic E-state index is 12.7. The first-order valence-electron chi connectivity index (χ1n) is 6.68. The van der Waals surface area contributed by atoms with Gasteiger partial charge >= 0.3 is 5.97 Å². The Morgan fingerprint density at radius 1 is 1.33 bits per heavy atom. The third kappa shape index (κ3) is 3.97. The van der Waals surface area contributed by atoms with E-state index in [0.29, 0.717) is 5.76 Å². The van der Waals surface area contributed by atoms with Gasteiger partial charge in [-0.25, -0.2) is 8.42 Å². The lowest BCUT2D eigenvalue weighted by Crippen LogP contribution is -2.35. The summed E-state index contributed by atoms with van der Waals surface area (Å²) in [6.45, 7) is -0.769. The minimum Gasteiger partial charge on any atom is -0.468 e. The van der Waals surface area contributed by atoms with Crippen LogP contribution < -0.4 is 0 Å². The van der Waals surface area contributed by atoms with Gasteiger partial charge in [0.1, 0.15) is 12.3 Å². The standard InChI is InChI=1S/C14H14N2O7S/c1-22-14(17)10-15(9-12-5-3-7-23-12)24(20,21)13-6-2-4-11(8-13)16(18)19/h2-8H,9-10H2,1H3. The van der Waals surface area contributed by atoms with Crippen LogP contribution in [0.4, 0.5) is 5.69 Å². The molecule has 0 atom stereocenters. The fourth-order valence-electron chi connectivity index (χ4n) is 1.92. The number of hydrogen-bond donors (Lipinski definition) is 0. The minimum atomic E-state index is -4.17. The van der Waals surface area contributed by atoms with Crippen LogP contribution in [0, 0.1) is 10.1 Å². The van der Waals surface area contributed by atoms with E-state index in [-0.39, 0.29) is 17.1 Å². The number of hydrogen-bond acceptors (Lipinski definition) is 7. The third-order valence-electron chi connectivity index (χ3n) is 3.11. The molecule has 0 unspecified atom stereocenters. The van der Waals surface area contributed by atoms with Gasteiger partial charge in [0.05, 0.1) is 29.7 Å². The SMILES string of the molecule is COC(=O)CN(Cc1ccco1)S(=O)(=O)c1cccc([N+](=O)[O-])c1. The summed E-state index contributed by atoms with van der Waals surface area (Å²) < 4.78 is 35.9. The van der Waals surface area contributed by atoms with Gasteiger partial charge in [-0.2, -0.15) is 4.31 Å². The first-order valence-corrected chi connectivity index (χ1v) is 8.12. The molecule has 0 aliphatic rings. The van der Waals surface area contributed by atoms with Gasteiger partial charge in [0.25, 0.3) is 5.69 Å². The first-order chi connectivity index (χ1) is 11.3. The number of furan rings is 1. The highest BCUT2D eigenvalue weighted by Crippen LogP contribution is 2.22. The minimum absolute atomic E-state index is 0.215. The lowest BCUT2D eigenvalue weighted by atomic mass is 10.3.